The van der Waals surface area contributed by atoms with Crippen molar-refractivity contribution in [3.05, 3.63) is 0 Å². The molecule has 1 fully saturated rings. The van der Waals surface area contributed by atoms with Gasteiger partial charge >= 0.3 is 0 Å². The first-order chi connectivity index (χ1) is 7.37. The van der Waals surface area contributed by atoms with E-state index in [9.17, 15) is 4.79 Å². The summed E-state index contributed by atoms with van der Waals surface area (Å²) < 4.78 is 5.65. The summed E-state index contributed by atoms with van der Waals surface area (Å²) in [6, 6.07) is 0. The Morgan fingerprint density at radius 2 is 2.06 bits per heavy atom. The predicted molar refractivity (Wildman–Crippen MR) is 64.3 cm³/mol. The molecule has 1 aliphatic heterocycles. The standard InChI is InChI=1S/C12H24N2O2/c1-9-5-6-10(16-9)7-13-8-11(15)14-12(2,3)4/h9-10,13H,5-8H2,1-4H3,(H,14,15). The molecule has 4 heteroatoms. The van der Waals surface area contributed by atoms with Crippen molar-refractivity contribution < 1.29 is 9.53 Å². The smallest absolute Gasteiger partial charge is 0.234 e. The predicted octanol–water partition coefficient (Wildman–Crippen LogP) is 1.06. The van der Waals surface area contributed by atoms with Crippen LogP contribution in [0.2, 0.25) is 0 Å². The first-order valence-electron chi connectivity index (χ1n) is 6.04. The molecule has 0 radical (unpaired) electrons. The molecule has 1 amide bonds. The van der Waals surface area contributed by atoms with Gasteiger partial charge in [-0.1, -0.05) is 0 Å². The Morgan fingerprint density at radius 3 is 2.56 bits per heavy atom. The monoisotopic (exact) mass is 228 g/mol. The largest absolute Gasteiger partial charge is 0.374 e. The second kappa shape index (κ2) is 5.64. The van der Waals surface area contributed by atoms with Gasteiger partial charge in [0.2, 0.25) is 5.91 Å². The van der Waals surface area contributed by atoms with Crippen molar-refractivity contribution in [2.45, 2.75) is 58.3 Å². The second-order valence-electron chi connectivity index (χ2n) is 5.58. The molecule has 1 saturated heterocycles. The van der Waals surface area contributed by atoms with Crippen LogP contribution >= 0.6 is 0 Å². The van der Waals surface area contributed by atoms with E-state index in [1.807, 2.05) is 20.8 Å². The molecule has 2 unspecified atom stereocenters. The number of carbonyl (C=O) groups is 1. The fourth-order valence-corrected chi connectivity index (χ4v) is 1.84. The summed E-state index contributed by atoms with van der Waals surface area (Å²) in [5, 5.41) is 6.04. The molecule has 2 atom stereocenters. The van der Waals surface area contributed by atoms with E-state index in [2.05, 4.69) is 17.6 Å². The summed E-state index contributed by atoms with van der Waals surface area (Å²) in [6.07, 6.45) is 2.86. The van der Waals surface area contributed by atoms with E-state index < -0.39 is 0 Å². The maximum Gasteiger partial charge on any atom is 0.234 e. The second-order valence-corrected chi connectivity index (χ2v) is 5.58. The number of hydrogen-bond acceptors (Lipinski definition) is 3. The first kappa shape index (κ1) is 13.5. The minimum Gasteiger partial charge on any atom is -0.374 e. The molecular formula is C12H24N2O2. The fourth-order valence-electron chi connectivity index (χ4n) is 1.84. The van der Waals surface area contributed by atoms with Crippen molar-refractivity contribution in [2.24, 2.45) is 0 Å². The molecule has 0 aromatic carbocycles. The highest BCUT2D eigenvalue weighted by Crippen LogP contribution is 2.17. The van der Waals surface area contributed by atoms with Crippen molar-refractivity contribution in [1.29, 1.82) is 0 Å². The van der Waals surface area contributed by atoms with Crippen LogP contribution in [0, 0.1) is 0 Å². The van der Waals surface area contributed by atoms with Crippen molar-refractivity contribution in [3.8, 4) is 0 Å². The molecule has 0 saturated carbocycles. The van der Waals surface area contributed by atoms with Gasteiger partial charge in [0.25, 0.3) is 0 Å². The van der Waals surface area contributed by atoms with Gasteiger partial charge in [0.15, 0.2) is 0 Å². The van der Waals surface area contributed by atoms with Gasteiger partial charge in [-0.3, -0.25) is 4.79 Å². The van der Waals surface area contributed by atoms with Crippen LogP contribution in [0.3, 0.4) is 0 Å². The van der Waals surface area contributed by atoms with Crippen LogP contribution in [0.4, 0.5) is 0 Å². The summed E-state index contributed by atoms with van der Waals surface area (Å²) in [5.41, 5.74) is -0.156. The van der Waals surface area contributed by atoms with E-state index in [0.717, 1.165) is 19.4 Å². The van der Waals surface area contributed by atoms with Crippen LogP contribution in [-0.4, -0.2) is 36.7 Å². The van der Waals surface area contributed by atoms with Crippen LogP contribution in [0.15, 0.2) is 0 Å². The van der Waals surface area contributed by atoms with Gasteiger partial charge in [-0.25, -0.2) is 0 Å². The highest BCUT2D eigenvalue weighted by molar-refractivity contribution is 5.78. The molecule has 2 N–H and O–H groups in total. The van der Waals surface area contributed by atoms with E-state index in [1.54, 1.807) is 0 Å². The molecule has 0 aromatic rings. The highest BCUT2D eigenvalue weighted by atomic mass is 16.5. The summed E-state index contributed by atoms with van der Waals surface area (Å²) in [6.45, 7) is 9.16. The molecule has 94 valence electrons. The fraction of sp³-hybridized carbons (Fsp3) is 0.917. The maximum atomic E-state index is 11.5. The number of hydrogen-bond donors (Lipinski definition) is 2. The summed E-state index contributed by atoms with van der Waals surface area (Å²) in [5.74, 6) is 0.0403. The SMILES string of the molecule is CC1CCC(CNCC(=O)NC(C)(C)C)O1. The van der Waals surface area contributed by atoms with Crippen LogP contribution in [0.5, 0.6) is 0 Å². The van der Waals surface area contributed by atoms with Gasteiger partial charge in [0, 0.05) is 12.1 Å². The van der Waals surface area contributed by atoms with Gasteiger partial charge < -0.3 is 15.4 Å². The summed E-state index contributed by atoms with van der Waals surface area (Å²) in [4.78, 5) is 11.5. The molecule has 1 rings (SSSR count). The lowest BCUT2D eigenvalue weighted by Crippen LogP contribution is -2.45. The van der Waals surface area contributed by atoms with Crippen LogP contribution in [-0.2, 0) is 9.53 Å². The lowest BCUT2D eigenvalue weighted by Gasteiger charge is -2.21. The molecule has 0 aromatic heterocycles. The number of ether oxygens (including phenoxy) is 1. The maximum absolute atomic E-state index is 11.5. The zero-order valence-electron chi connectivity index (χ0n) is 10.8. The molecule has 4 nitrogen and oxygen atoms in total. The topological polar surface area (TPSA) is 50.4 Å². The summed E-state index contributed by atoms with van der Waals surface area (Å²) >= 11 is 0. The number of carbonyl (C=O) groups excluding carboxylic acids is 1. The van der Waals surface area contributed by atoms with Gasteiger partial charge in [-0.2, -0.15) is 0 Å². The normalized spacial score (nSPS) is 25.8. The minimum absolute atomic E-state index is 0.0403. The van der Waals surface area contributed by atoms with Crippen molar-refractivity contribution >= 4 is 5.91 Å². The lowest BCUT2D eigenvalue weighted by atomic mass is 10.1. The van der Waals surface area contributed by atoms with E-state index in [0.29, 0.717) is 12.6 Å². The Hall–Kier alpha value is -0.610. The van der Waals surface area contributed by atoms with Gasteiger partial charge in [0.05, 0.1) is 18.8 Å². The average molecular weight is 228 g/mol. The zero-order valence-corrected chi connectivity index (χ0v) is 10.8. The Balaban J connectivity index is 2.09. The molecule has 0 aliphatic carbocycles. The Bertz CT molecular complexity index is 236. The third-order valence-corrected chi connectivity index (χ3v) is 2.49. The first-order valence-corrected chi connectivity index (χ1v) is 6.04. The summed E-state index contributed by atoms with van der Waals surface area (Å²) in [7, 11) is 0. The Labute approximate surface area is 98.1 Å². The quantitative estimate of drug-likeness (QED) is 0.756. The molecule has 1 heterocycles. The van der Waals surface area contributed by atoms with Crippen LogP contribution in [0.25, 0.3) is 0 Å². The van der Waals surface area contributed by atoms with Crippen LogP contribution < -0.4 is 10.6 Å². The van der Waals surface area contributed by atoms with Crippen LogP contribution in [0.1, 0.15) is 40.5 Å². The number of rotatable bonds is 4. The third kappa shape index (κ3) is 5.47. The molecule has 16 heavy (non-hydrogen) atoms. The van der Waals surface area contributed by atoms with Gasteiger partial charge in [0.1, 0.15) is 0 Å². The molecule has 0 spiro atoms. The van der Waals surface area contributed by atoms with Crippen molar-refractivity contribution in [2.75, 3.05) is 13.1 Å². The van der Waals surface area contributed by atoms with Crippen molar-refractivity contribution in [3.63, 3.8) is 0 Å². The third-order valence-electron chi connectivity index (χ3n) is 2.49. The van der Waals surface area contributed by atoms with Crippen molar-refractivity contribution in [1.82, 2.24) is 10.6 Å². The highest BCUT2D eigenvalue weighted by Gasteiger charge is 2.21. The minimum atomic E-state index is -0.156. The molecule has 0 bridgehead atoms. The number of amides is 1. The zero-order chi connectivity index (χ0) is 12.2. The van der Waals surface area contributed by atoms with E-state index in [-0.39, 0.29) is 17.6 Å². The van der Waals surface area contributed by atoms with Gasteiger partial charge in [-0.15, -0.1) is 0 Å². The lowest BCUT2D eigenvalue weighted by molar-refractivity contribution is -0.121. The van der Waals surface area contributed by atoms with E-state index >= 15 is 0 Å². The molecular weight excluding hydrogens is 204 g/mol. The average Bonchev–Trinajstić information content (AvgIpc) is 2.48. The van der Waals surface area contributed by atoms with E-state index in [4.69, 9.17) is 4.74 Å². The van der Waals surface area contributed by atoms with E-state index in [1.165, 1.54) is 0 Å². The Kier molecular flexibility index (Phi) is 4.74. The Morgan fingerprint density at radius 1 is 1.38 bits per heavy atom. The molecule has 1 aliphatic rings. The number of nitrogens with one attached hydrogen (secondary N) is 2. The van der Waals surface area contributed by atoms with Gasteiger partial charge in [-0.05, 0) is 40.5 Å².